The van der Waals surface area contributed by atoms with Crippen molar-refractivity contribution in [1.82, 2.24) is 19.2 Å². The second-order valence-electron chi connectivity index (χ2n) is 4.87. The molecule has 23 heavy (non-hydrogen) atoms. The van der Waals surface area contributed by atoms with Crippen LogP contribution in [0.5, 0.6) is 0 Å². The molecule has 0 saturated carbocycles. The number of nitrogens with zero attached hydrogens (tertiary/aromatic N) is 5. The zero-order valence-corrected chi connectivity index (χ0v) is 13.0. The average molecular weight is 328 g/mol. The van der Waals surface area contributed by atoms with Crippen molar-refractivity contribution in [2.45, 2.75) is 13.8 Å². The van der Waals surface area contributed by atoms with Crippen LogP contribution >= 0.6 is 11.6 Å². The Kier molecular flexibility index (Phi) is 3.47. The molecule has 0 saturated heterocycles. The second-order valence-corrected chi connectivity index (χ2v) is 5.31. The van der Waals surface area contributed by atoms with Gasteiger partial charge in [-0.05, 0) is 19.1 Å². The number of hydrogen-bond acceptors (Lipinski definition) is 5. The van der Waals surface area contributed by atoms with Crippen LogP contribution in [0.4, 0.5) is 0 Å². The lowest BCUT2D eigenvalue weighted by Crippen LogP contribution is -2.21. The first kappa shape index (κ1) is 14.9. The third-order valence-electron chi connectivity index (χ3n) is 3.36. The molecule has 0 spiro atoms. The quantitative estimate of drug-likeness (QED) is 0.682. The van der Waals surface area contributed by atoms with E-state index in [-0.39, 0.29) is 22.9 Å². The Bertz CT molecular complexity index is 1040. The molecule has 114 valence electrons. The highest BCUT2D eigenvalue weighted by molar-refractivity contribution is 6.30. The number of carbonyl (C=O) groups is 1. The summed E-state index contributed by atoms with van der Waals surface area (Å²) < 4.78 is 2.19. The molecule has 0 amide bonds. The zero-order valence-electron chi connectivity index (χ0n) is 12.2. The Morgan fingerprint density at radius 2 is 1.96 bits per heavy atom. The molecule has 0 aliphatic carbocycles. The fraction of sp³-hybridized carbons (Fsp3) is 0.133. The van der Waals surface area contributed by atoms with Gasteiger partial charge < -0.3 is 0 Å². The number of carbonyl (C=O) groups excluding carboxylic acids is 1. The topological polar surface area (TPSA) is 93.0 Å². The van der Waals surface area contributed by atoms with Crippen molar-refractivity contribution >= 4 is 23.3 Å². The molecule has 3 aromatic rings. The van der Waals surface area contributed by atoms with Crippen LogP contribution in [-0.2, 0) is 0 Å². The van der Waals surface area contributed by atoms with E-state index in [4.69, 9.17) is 11.6 Å². The van der Waals surface area contributed by atoms with E-state index in [0.29, 0.717) is 16.4 Å². The Hall–Kier alpha value is -2.98. The van der Waals surface area contributed by atoms with E-state index in [0.717, 1.165) is 4.52 Å². The Morgan fingerprint density at radius 3 is 2.52 bits per heavy atom. The van der Waals surface area contributed by atoms with Crippen LogP contribution in [0, 0.1) is 18.3 Å². The van der Waals surface area contributed by atoms with Crippen molar-refractivity contribution in [2.75, 3.05) is 0 Å². The molecule has 7 nitrogen and oxygen atoms in total. The number of rotatable bonds is 1. The molecule has 0 atom stereocenters. The summed E-state index contributed by atoms with van der Waals surface area (Å²) in [6, 6.07) is 8.44. The maximum atomic E-state index is 12.5. The van der Waals surface area contributed by atoms with E-state index in [1.165, 1.54) is 11.5 Å². The van der Waals surface area contributed by atoms with Gasteiger partial charge in [-0.3, -0.25) is 9.59 Å². The second kappa shape index (κ2) is 5.34. The van der Waals surface area contributed by atoms with Crippen molar-refractivity contribution in [3.05, 3.63) is 51.0 Å². The van der Waals surface area contributed by atoms with Gasteiger partial charge >= 0.3 is 0 Å². The van der Waals surface area contributed by atoms with Crippen LogP contribution in [0.25, 0.3) is 17.0 Å². The molecule has 1 aromatic carbocycles. The largest absolute Gasteiger partial charge is 0.294 e. The molecule has 0 bridgehead atoms. The van der Waals surface area contributed by atoms with Crippen molar-refractivity contribution in [3.8, 4) is 17.3 Å². The van der Waals surface area contributed by atoms with Crippen LogP contribution in [0.3, 0.4) is 0 Å². The first-order chi connectivity index (χ1) is 10.9. The summed E-state index contributed by atoms with van der Waals surface area (Å²) in [4.78, 5) is 28.6. The minimum Gasteiger partial charge on any atom is -0.274 e. The highest BCUT2D eigenvalue weighted by Crippen LogP contribution is 2.22. The summed E-state index contributed by atoms with van der Waals surface area (Å²) in [5.41, 5.74) is -0.0142. The standard InChI is InChI=1S/C15H10ClN5O2/c1-8-19-21-14(23)12(7-17)13(10-3-5-11(16)6-4-10)18-15(21)20(8)9(2)22/h3-6H,1-2H3. The first-order valence-electron chi connectivity index (χ1n) is 6.63. The van der Waals surface area contributed by atoms with E-state index >= 15 is 0 Å². The third kappa shape index (κ3) is 2.29. The molecule has 0 N–H and O–H groups in total. The molecular weight excluding hydrogens is 318 g/mol. The van der Waals surface area contributed by atoms with Gasteiger partial charge in [0.25, 0.3) is 5.56 Å². The fourth-order valence-electron chi connectivity index (χ4n) is 2.36. The minimum absolute atomic E-state index is 0.0731. The smallest absolute Gasteiger partial charge is 0.274 e. The fourth-order valence-corrected chi connectivity index (χ4v) is 2.48. The normalized spacial score (nSPS) is 10.7. The van der Waals surface area contributed by atoms with Gasteiger partial charge in [0.2, 0.25) is 11.7 Å². The van der Waals surface area contributed by atoms with Gasteiger partial charge in [-0.25, -0.2) is 9.55 Å². The molecule has 2 aromatic heterocycles. The van der Waals surface area contributed by atoms with Crippen molar-refractivity contribution < 1.29 is 4.79 Å². The van der Waals surface area contributed by atoms with Crippen molar-refractivity contribution in [3.63, 3.8) is 0 Å². The molecule has 3 rings (SSSR count). The van der Waals surface area contributed by atoms with E-state index in [1.807, 2.05) is 6.07 Å². The van der Waals surface area contributed by atoms with Crippen LogP contribution in [0.15, 0.2) is 29.1 Å². The minimum atomic E-state index is -0.620. The number of aryl methyl sites for hydroxylation is 1. The van der Waals surface area contributed by atoms with E-state index in [2.05, 4.69) is 10.1 Å². The molecule has 8 heteroatoms. The average Bonchev–Trinajstić information content (AvgIpc) is 2.84. The summed E-state index contributed by atoms with van der Waals surface area (Å²) in [6.07, 6.45) is 0. The number of hydrogen-bond donors (Lipinski definition) is 0. The Balaban J connectivity index is 2.45. The van der Waals surface area contributed by atoms with E-state index < -0.39 is 5.56 Å². The van der Waals surface area contributed by atoms with Crippen LogP contribution in [-0.4, -0.2) is 25.1 Å². The number of fused-ring (bicyclic) bond motifs is 1. The van der Waals surface area contributed by atoms with Crippen molar-refractivity contribution in [2.24, 2.45) is 0 Å². The number of benzene rings is 1. The van der Waals surface area contributed by atoms with Gasteiger partial charge in [-0.1, -0.05) is 23.7 Å². The Morgan fingerprint density at radius 1 is 1.30 bits per heavy atom. The lowest BCUT2D eigenvalue weighted by molar-refractivity contribution is 0.0938. The molecular formula is C15H10ClN5O2. The van der Waals surface area contributed by atoms with Gasteiger partial charge in [-0.2, -0.15) is 9.78 Å². The molecule has 0 fully saturated rings. The zero-order chi connectivity index (χ0) is 16.7. The van der Waals surface area contributed by atoms with Crippen molar-refractivity contribution in [1.29, 1.82) is 5.26 Å². The molecule has 0 aliphatic rings. The summed E-state index contributed by atoms with van der Waals surface area (Å²) in [7, 11) is 0. The van der Waals surface area contributed by atoms with Crippen LogP contribution in [0.2, 0.25) is 5.02 Å². The molecule has 0 radical (unpaired) electrons. The number of nitriles is 1. The lowest BCUT2D eigenvalue weighted by atomic mass is 10.1. The highest BCUT2D eigenvalue weighted by Gasteiger charge is 2.20. The van der Waals surface area contributed by atoms with E-state index in [9.17, 15) is 14.9 Å². The Labute approximate surface area is 135 Å². The predicted octanol–water partition coefficient (Wildman–Crippen LogP) is 2.05. The van der Waals surface area contributed by atoms with Gasteiger partial charge in [0, 0.05) is 17.5 Å². The summed E-state index contributed by atoms with van der Waals surface area (Å²) in [5, 5.41) is 13.9. The highest BCUT2D eigenvalue weighted by atomic mass is 35.5. The molecule has 0 unspecified atom stereocenters. The van der Waals surface area contributed by atoms with Gasteiger partial charge in [0.1, 0.15) is 17.5 Å². The maximum Gasteiger partial charge on any atom is 0.294 e. The van der Waals surface area contributed by atoms with Crippen LogP contribution < -0.4 is 5.56 Å². The molecule has 0 aliphatic heterocycles. The first-order valence-corrected chi connectivity index (χ1v) is 7.01. The molecule has 2 heterocycles. The number of aromatic nitrogens is 4. The SMILES string of the molecule is CC(=O)n1c(C)nn2c(=O)c(C#N)c(-c3ccc(Cl)cc3)nc12. The maximum absolute atomic E-state index is 12.5. The number of halogens is 1. The summed E-state index contributed by atoms with van der Waals surface area (Å²) >= 11 is 5.86. The van der Waals surface area contributed by atoms with Gasteiger partial charge in [-0.15, -0.1) is 5.10 Å². The predicted molar refractivity (Wildman–Crippen MR) is 83.4 cm³/mol. The van der Waals surface area contributed by atoms with Gasteiger partial charge in [0.15, 0.2) is 0 Å². The summed E-state index contributed by atoms with van der Waals surface area (Å²) in [5.74, 6) is 0.0689. The van der Waals surface area contributed by atoms with Gasteiger partial charge in [0.05, 0.1) is 5.69 Å². The lowest BCUT2D eigenvalue weighted by Gasteiger charge is -2.05. The third-order valence-corrected chi connectivity index (χ3v) is 3.61. The summed E-state index contributed by atoms with van der Waals surface area (Å²) in [6.45, 7) is 2.94. The monoisotopic (exact) mass is 327 g/mol. The van der Waals surface area contributed by atoms with E-state index in [1.54, 1.807) is 31.2 Å². The van der Waals surface area contributed by atoms with Crippen LogP contribution in [0.1, 0.15) is 23.1 Å².